The van der Waals surface area contributed by atoms with Crippen LogP contribution in [0.4, 0.5) is 40.8 Å². The van der Waals surface area contributed by atoms with E-state index in [1.807, 2.05) is 0 Å². The molecule has 0 saturated carbocycles. The van der Waals surface area contributed by atoms with Gasteiger partial charge in [-0.2, -0.15) is 13.2 Å². The average Bonchev–Trinajstić information content (AvgIpc) is 3.35. The van der Waals surface area contributed by atoms with Gasteiger partial charge in [0.1, 0.15) is 11.6 Å². The summed E-state index contributed by atoms with van der Waals surface area (Å²) < 4.78 is 113. The number of hydrogen-bond donors (Lipinski definition) is 3. The Morgan fingerprint density at radius 3 is 2.27 bits per heavy atom. The fraction of sp³-hybridized carbons (Fsp3) is 0.179. The molecule has 0 atom stereocenters. The number of hydrazine groups is 1. The number of aryl methyl sites for hydroxylation is 1. The summed E-state index contributed by atoms with van der Waals surface area (Å²) in [6, 6.07) is 9.47. The Hall–Kier alpha value is -4.28. The van der Waals surface area contributed by atoms with E-state index in [1.165, 1.54) is 36.9 Å². The van der Waals surface area contributed by atoms with Crippen LogP contribution in [0.1, 0.15) is 22.6 Å². The fourth-order valence-electron chi connectivity index (χ4n) is 4.38. The highest BCUT2D eigenvalue weighted by atomic mass is 32.2. The Labute approximate surface area is 249 Å². The molecule has 5 N–H and O–H groups in total. The summed E-state index contributed by atoms with van der Waals surface area (Å²) in [5, 5.41) is 10.5. The predicted octanol–water partition coefficient (Wildman–Crippen LogP) is 6.89. The highest BCUT2D eigenvalue weighted by Gasteiger charge is 2.35. The molecule has 7 nitrogen and oxygen atoms in total. The number of aliphatic hydroxyl groups excluding tert-OH is 1. The molecular formula is C28H23F8N5O2S. The van der Waals surface area contributed by atoms with Gasteiger partial charge < -0.3 is 20.1 Å². The Morgan fingerprint density at radius 2 is 1.73 bits per heavy atom. The minimum absolute atomic E-state index is 0.0261. The van der Waals surface area contributed by atoms with E-state index in [1.54, 1.807) is 12.3 Å². The smallest absolute Gasteiger partial charge is 0.403 e. The van der Waals surface area contributed by atoms with E-state index < -0.39 is 42.2 Å². The SMILES string of the molecule is CSc1cc(-c2ccc(-n3cc(C(F)(F)F)nc3C)c(N(N)/C(=C\N)c3ccc(OC(F)(F)F)c(F)c3)c2)cc(F)c1CO. The minimum Gasteiger partial charge on any atom is -0.403 e. The van der Waals surface area contributed by atoms with Gasteiger partial charge >= 0.3 is 12.5 Å². The van der Waals surface area contributed by atoms with Gasteiger partial charge in [0.05, 0.1) is 23.7 Å². The van der Waals surface area contributed by atoms with Crippen LogP contribution in [0.15, 0.2) is 65.8 Å². The maximum atomic E-state index is 14.9. The van der Waals surface area contributed by atoms with Crippen molar-refractivity contribution in [2.75, 3.05) is 11.3 Å². The summed E-state index contributed by atoms with van der Waals surface area (Å²) in [4.78, 5) is 4.00. The predicted molar refractivity (Wildman–Crippen MR) is 148 cm³/mol. The van der Waals surface area contributed by atoms with Crippen LogP contribution in [-0.4, -0.2) is 27.3 Å². The zero-order chi connectivity index (χ0) is 32.6. The van der Waals surface area contributed by atoms with Crippen molar-refractivity contribution in [2.24, 2.45) is 11.6 Å². The molecule has 0 spiro atoms. The number of nitrogens with two attached hydrogens (primary N) is 2. The molecule has 0 saturated heterocycles. The first-order valence-electron chi connectivity index (χ1n) is 12.4. The number of rotatable bonds is 8. The molecule has 4 rings (SSSR count). The second-order valence-electron chi connectivity index (χ2n) is 9.16. The Bertz CT molecular complexity index is 1720. The van der Waals surface area contributed by atoms with Crippen molar-refractivity contribution in [3.05, 3.63) is 95.2 Å². The van der Waals surface area contributed by atoms with Crippen LogP contribution in [0, 0.1) is 18.6 Å². The summed E-state index contributed by atoms with van der Waals surface area (Å²) in [5.41, 5.74) is 5.06. The van der Waals surface area contributed by atoms with Crippen LogP contribution in [0.2, 0.25) is 0 Å². The van der Waals surface area contributed by atoms with Crippen molar-refractivity contribution in [1.82, 2.24) is 9.55 Å². The topological polar surface area (TPSA) is 103 Å². The summed E-state index contributed by atoms with van der Waals surface area (Å²) in [6.07, 6.45) is -6.61. The number of nitrogens with zero attached hydrogens (tertiary/aromatic N) is 3. The third-order valence-electron chi connectivity index (χ3n) is 6.40. The van der Waals surface area contributed by atoms with Gasteiger partial charge in [0.25, 0.3) is 0 Å². The molecule has 0 radical (unpaired) electrons. The summed E-state index contributed by atoms with van der Waals surface area (Å²) in [6.45, 7) is 0.758. The number of aromatic nitrogens is 2. The number of alkyl halides is 6. The molecule has 0 aliphatic carbocycles. The van der Waals surface area contributed by atoms with Crippen LogP contribution >= 0.6 is 11.8 Å². The molecule has 1 aromatic heterocycles. The van der Waals surface area contributed by atoms with Crippen molar-refractivity contribution >= 4 is 23.1 Å². The Kier molecular flexibility index (Phi) is 9.18. The number of aliphatic hydroxyl groups is 1. The third-order valence-corrected chi connectivity index (χ3v) is 7.21. The van der Waals surface area contributed by atoms with Gasteiger partial charge in [0.2, 0.25) is 0 Å². The van der Waals surface area contributed by atoms with E-state index in [2.05, 4.69) is 9.72 Å². The summed E-state index contributed by atoms with van der Waals surface area (Å²) in [5.74, 6) is 3.12. The first-order chi connectivity index (χ1) is 20.6. The standard InChI is InChI=1S/C28H23F8N5O2S/c1-14-39-26(27(31,32)33)12-40(14)21-5-3-15(17-8-19(29)18(13-42)25(10-17)44-2)9-22(21)41(38)23(11-37)16-4-6-24(20(30)7-16)43-28(34,35)36/h3-12,42H,13,37-38H2,1-2H3/b23-11-. The molecule has 0 amide bonds. The molecule has 0 fully saturated rings. The normalized spacial score (nSPS) is 12.5. The number of benzene rings is 3. The lowest BCUT2D eigenvalue weighted by Gasteiger charge is -2.26. The first kappa shape index (κ1) is 32.6. The molecule has 0 aliphatic rings. The van der Waals surface area contributed by atoms with E-state index >= 15 is 0 Å². The number of ether oxygens (including phenoxy) is 1. The van der Waals surface area contributed by atoms with Crippen LogP contribution in [0.3, 0.4) is 0 Å². The lowest BCUT2D eigenvalue weighted by atomic mass is 10.0. The number of thioether (sulfide) groups is 1. The second kappa shape index (κ2) is 12.4. The summed E-state index contributed by atoms with van der Waals surface area (Å²) >= 11 is 1.18. The Balaban J connectivity index is 1.90. The number of imidazole rings is 1. The van der Waals surface area contributed by atoms with Crippen LogP contribution in [0.5, 0.6) is 5.75 Å². The zero-order valence-corrected chi connectivity index (χ0v) is 23.6. The minimum atomic E-state index is -5.16. The molecule has 44 heavy (non-hydrogen) atoms. The molecule has 3 aromatic carbocycles. The van der Waals surface area contributed by atoms with E-state index in [0.29, 0.717) is 28.2 Å². The second-order valence-corrected chi connectivity index (χ2v) is 10.0. The molecular weight excluding hydrogens is 622 g/mol. The highest BCUT2D eigenvalue weighted by molar-refractivity contribution is 7.98. The highest BCUT2D eigenvalue weighted by Crippen LogP contribution is 2.38. The van der Waals surface area contributed by atoms with Gasteiger partial charge in [-0.05, 0) is 66.8 Å². The molecule has 1 heterocycles. The van der Waals surface area contributed by atoms with Crippen LogP contribution in [0.25, 0.3) is 22.5 Å². The molecule has 4 aromatic rings. The zero-order valence-electron chi connectivity index (χ0n) is 22.8. The molecule has 0 unspecified atom stereocenters. The molecule has 16 heteroatoms. The van der Waals surface area contributed by atoms with Gasteiger partial charge in [-0.1, -0.05) is 6.07 Å². The average molecular weight is 646 g/mol. The van der Waals surface area contributed by atoms with Crippen molar-refractivity contribution in [2.45, 2.75) is 31.0 Å². The lowest BCUT2D eigenvalue weighted by Crippen LogP contribution is -2.31. The van der Waals surface area contributed by atoms with Crippen LogP contribution < -0.4 is 21.3 Å². The third kappa shape index (κ3) is 6.76. The quantitative estimate of drug-likeness (QED) is 0.0830. The molecule has 234 valence electrons. The monoisotopic (exact) mass is 645 g/mol. The summed E-state index contributed by atoms with van der Waals surface area (Å²) in [7, 11) is 0. The molecule has 0 bridgehead atoms. The largest absolute Gasteiger partial charge is 0.573 e. The van der Waals surface area contributed by atoms with Gasteiger partial charge in [-0.15, -0.1) is 24.9 Å². The van der Waals surface area contributed by atoms with Crippen molar-refractivity contribution in [3.8, 4) is 22.6 Å². The van der Waals surface area contributed by atoms with Gasteiger partial charge in [-0.25, -0.2) is 19.6 Å². The van der Waals surface area contributed by atoms with E-state index in [-0.39, 0.29) is 34.0 Å². The van der Waals surface area contributed by atoms with E-state index in [4.69, 9.17) is 11.6 Å². The van der Waals surface area contributed by atoms with Crippen molar-refractivity contribution < 1.29 is 45.0 Å². The maximum absolute atomic E-state index is 14.9. The first-order valence-corrected chi connectivity index (χ1v) is 13.6. The van der Waals surface area contributed by atoms with Gasteiger partial charge in [-0.3, -0.25) is 5.01 Å². The number of anilines is 1. The molecule has 0 aliphatic heterocycles. The Morgan fingerprint density at radius 1 is 1.02 bits per heavy atom. The number of hydrogen-bond acceptors (Lipinski definition) is 7. The van der Waals surface area contributed by atoms with Gasteiger partial charge in [0, 0.05) is 28.4 Å². The van der Waals surface area contributed by atoms with Crippen molar-refractivity contribution in [3.63, 3.8) is 0 Å². The number of halogens is 8. The van der Waals surface area contributed by atoms with E-state index in [0.717, 1.165) is 34.1 Å². The fourth-order valence-corrected chi connectivity index (χ4v) is 5.03. The van der Waals surface area contributed by atoms with Gasteiger partial charge in [0.15, 0.2) is 17.3 Å². The van der Waals surface area contributed by atoms with E-state index in [9.17, 15) is 40.2 Å². The van der Waals surface area contributed by atoms with Crippen LogP contribution in [-0.2, 0) is 12.8 Å². The lowest BCUT2D eigenvalue weighted by molar-refractivity contribution is -0.275. The maximum Gasteiger partial charge on any atom is 0.573 e. The van der Waals surface area contributed by atoms with Crippen molar-refractivity contribution in [1.29, 1.82) is 0 Å².